The molecule has 0 amide bonds. The Morgan fingerprint density at radius 1 is 0.533 bits per heavy atom. The van der Waals surface area contributed by atoms with Crippen LogP contribution in [0.5, 0.6) is 0 Å². The van der Waals surface area contributed by atoms with Gasteiger partial charge in [-0.05, 0) is 34.9 Å². The van der Waals surface area contributed by atoms with Crippen LogP contribution in [0.15, 0.2) is 60.7 Å². The van der Waals surface area contributed by atoms with Gasteiger partial charge in [0.1, 0.15) is 0 Å². The summed E-state index contributed by atoms with van der Waals surface area (Å²) in [4.78, 5) is 46.5. The molecule has 0 aliphatic heterocycles. The van der Waals surface area contributed by atoms with E-state index < -0.39 is 46.1 Å². The maximum absolute atomic E-state index is 12.0. The molecule has 0 heterocycles. The molecule has 3 aromatic rings. The third kappa shape index (κ3) is 3.61. The van der Waals surface area contributed by atoms with E-state index in [0.717, 1.165) is 18.2 Å². The molecule has 3 aromatic carbocycles. The summed E-state index contributed by atoms with van der Waals surface area (Å²) in [6.45, 7) is 0. The molecule has 0 saturated heterocycles. The van der Waals surface area contributed by atoms with Gasteiger partial charge in [0.2, 0.25) is 0 Å². The van der Waals surface area contributed by atoms with Gasteiger partial charge in [-0.1, -0.05) is 42.5 Å². The largest absolute Gasteiger partial charge is 0.478 e. The second-order valence-electron chi connectivity index (χ2n) is 6.26. The number of hydrogen-bond acceptors (Lipinski definition) is 4. The Bertz CT molecular complexity index is 1200. The summed E-state index contributed by atoms with van der Waals surface area (Å²) in [6, 6.07) is 14.3. The van der Waals surface area contributed by atoms with E-state index in [1.54, 1.807) is 30.3 Å². The minimum atomic E-state index is -1.46. The normalized spacial score (nSPS) is 10.4. The molecule has 0 bridgehead atoms. The molecule has 0 fully saturated rings. The van der Waals surface area contributed by atoms with Crippen molar-refractivity contribution in [3.8, 4) is 22.3 Å². The Labute approximate surface area is 169 Å². The molecule has 3 rings (SSSR count). The predicted octanol–water partition coefficient (Wildman–Crippen LogP) is 3.81. The summed E-state index contributed by atoms with van der Waals surface area (Å²) >= 11 is 0. The summed E-state index contributed by atoms with van der Waals surface area (Å²) in [5.41, 5.74) is -0.796. The third-order valence-corrected chi connectivity index (χ3v) is 4.50. The van der Waals surface area contributed by atoms with E-state index in [2.05, 4.69) is 0 Å². The lowest BCUT2D eigenvalue weighted by molar-refractivity contribution is 0.0651. The van der Waals surface area contributed by atoms with Crippen molar-refractivity contribution in [1.82, 2.24) is 0 Å². The average molecular weight is 406 g/mol. The number of carbonyl (C=O) groups is 4. The van der Waals surface area contributed by atoms with Gasteiger partial charge < -0.3 is 20.4 Å². The Morgan fingerprint density at radius 3 is 1.63 bits per heavy atom. The van der Waals surface area contributed by atoms with E-state index in [1.807, 2.05) is 0 Å². The molecule has 0 aliphatic rings. The summed E-state index contributed by atoms with van der Waals surface area (Å²) in [6.07, 6.45) is 0. The monoisotopic (exact) mass is 406 g/mol. The van der Waals surface area contributed by atoms with E-state index in [9.17, 15) is 39.6 Å². The van der Waals surface area contributed by atoms with Gasteiger partial charge in [0.15, 0.2) is 0 Å². The second-order valence-corrected chi connectivity index (χ2v) is 6.26. The van der Waals surface area contributed by atoms with E-state index >= 15 is 0 Å². The number of hydrogen-bond donors (Lipinski definition) is 4. The Morgan fingerprint density at radius 2 is 1.10 bits per heavy atom. The third-order valence-electron chi connectivity index (χ3n) is 4.50. The van der Waals surface area contributed by atoms with E-state index in [-0.39, 0.29) is 16.7 Å². The first-order chi connectivity index (χ1) is 14.2. The molecule has 0 saturated carbocycles. The van der Waals surface area contributed by atoms with Gasteiger partial charge in [0, 0.05) is 5.56 Å². The van der Waals surface area contributed by atoms with Gasteiger partial charge >= 0.3 is 23.9 Å². The van der Waals surface area contributed by atoms with Gasteiger partial charge in [-0.3, -0.25) is 0 Å². The molecule has 8 heteroatoms. The standard InChI is InChI=1S/C22H14O8/c23-19(24)14-7-6-12(10-16(14)21(27)28)13-8-9-15(20(25)26)18(22(29)30)17(13)11-4-2-1-3-5-11/h1-10H,(H,23,24)(H,25,26)(H,27,28)(H,29,30). The molecule has 0 unspecified atom stereocenters. The molecule has 150 valence electrons. The smallest absolute Gasteiger partial charge is 0.337 e. The first-order valence-corrected chi connectivity index (χ1v) is 8.52. The van der Waals surface area contributed by atoms with Gasteiger partial charge in [-0.25, -0.2) is 19.2 Å². The first-order valence-electron chi connectivity index (χ1n) is 8.52. The molecule has 0 radical (unpaired) electrons. The van der Waals surface area contributed by atoms with E-state index in [4.69, 9.17) is 0 Å². The van der Waals surface area contributed by atoms with Gasteiger partial charge in [0.05, 0.1) is 22.3 Å². The van der Waals surface area contributed by atoms with Crippen LogP contribution in [0.3, 0.4) is 0 Å². The maximum Gasteiger partial charge on any atom is 0.337 e. The Hall–Kier alpha value is -4.46. The van der Waals surface area contributed by atoms with Crippen LogP contribution in [0.1, 0.15) is 41.4 Å². The fourth-order valence-electron chi connectivity index (χ4n) is 3.22. The molecule has 8 nitrogen and oxygen atoms in total. The summed E-state index contributed by atoms with van der Waals surface area (Å²) in [5, 5.41) is 37.8. The lowest BCUT2D eigenvalue weighted by Crippen LogP contribution is -2.11. The Balaban J connectivity index is 2.42. The highest BCUT2D eigenvalue weighted by atomic mass is 16.4. The maximum atomic E-state index is 12.0. The summed E-state index contributed by atoms with van der Waals surface area (Å²) < 4.78 is 0. The fraction of sp³-hybridized carbons (Fsp3) is 0. The molecule has 0 spiro atoms. The predicted molar refractivity (Wildman–Crippen MR) is 105 cm³/mol. The first kappa shape index (κ1) is 20.3. The molecule has 0 aromatic heterocycles. The molecular formula is C22H14O8. The van der Waals surface area contributed by atoms with Gasteiger partial charge in [-0.15, -0.1) is 0 Å². The van der Waals surface area contributed by atoms with Crippen LogP contribution in [-0.4, -0.2) is 44.3 Å². The van der Waals surface area contributed by atoms with Crippen molar-refractivity contribution in [2.45, 2.75) is 0 Å². The van der Waals surface area contributed by atoms with Crippen molar-refractivity contribution in [2.75, 3.05) is 0 Å². The van der Waals surface area contributed by atoms with Gasteiger partial charge in [-0.2, -0.15) is 0 Å². The summed E-state index contributed by atoms with van der Waals surface area (Å²) in [7, 11) is 0. The minimum absolute atomic E-state index is 0.0856. The highest BCUT2D eigenvalue weighted by Gasteiger charge is 2.25. The Kier molecular flexibility index (Phi) is 5.33. The number of carboxylic acids is 4. The molecule has 0 atom stereocenters. The zero-order valence-corrected chi connectivity index (χ0v) is 15.2. The molecule has 4 N–H and O–H groups in total. The molecule has 0 aliphatic carbocycles. The van der Waals surface area contributed by atoms with Crippen LogP contribution in [0.4, 0.5) is 0 Å². The number of aromatic carboxylic acids is 4. The van der Waals surface area contributed by atoms with Crippen molar-refractivity contribution in [2.24, 2.45) is 0 Å². The number of carboxylic acid groups (broad SMARTS) is 4. The fourth-order valence-corrected chi connectivity index (χ4v) is 3.22. The van der Waals surface area contributed by atoms with Gasteiger partial charge in [0.25, 0.3) is 0 Å². The molecule has 30 heavy (non-hydrogen) atoms. The van der Waals surface area contributed by atoms with Crippen molar-refractivity contribution >= 4 is 23.9 Å². The molecular weight excluding hydrogens is 392 g/mol. The van der Waals surface area contributed by atoms with Crippen LogP contribution < -0.4 is 0 Å². The lowest BCUT2D eigenvalue weighted by atomic mass is 9.86. The van der Waals surface area contributed by atoms with Crippen LogP contribution in [-0.2, 0) is 0 Å². The van der Waals surface area contributed by atoms with Crippen molar-refractivity contribution in [1.29, 1.82) is 0 Å². The lowest BCUT2D eigenvalue weighted by Gasteiger charge is -2.16. The van der Waals surface area contributed by atoms with Crippen molar-refractivity contribution in [3.05, 3.63) is 82.9 Å². The van der Waals surface area contributed by atoms with Crippen molar-refractivity contribution < 1.29 is 39.6 Å². The topological polar surface area (TPSA) is 149 Å². The highest BCUT2D eigenvalue weighted by Crippen LogP contribution is 2.37. The van der Waals surface area contributed by atoms with Crippen LogP contribution in [0, 0.1) is 0 Å². The van der Waals surface area contributed by atoms with E-state index in [1.165, 1.54) is 12.1 Å². The zero-order chi connectivity index (χ0) is 22.0. The van der Waals surface area contributed by atoms with E-state index in [0.29, 0.717) is 5.56 Å². The zero-order valence-electron chi connectivity index (χ0n) is 15.2. The van der Waals surface area contributed by atoms with Crippen LogP contribution >= 0.6 is 0 Å². The average Bonchev–Trinajstić information content (AvgIpc) is 2.72. The van der Waals surface area contributed by atoms with Crippen LogP contribution in [0.25, 0.3) is 22.3 Å². The minimum Gasteiger partial charge on any atom is -0.478 e. The number of benzene rings is 3. The SMILES string of the molecule is O=C(O)c1ccc(-c2ccc(C(=O)O)c(C(=O)O)c2-c2ccccc2)cc1C(=O)O. The van der Waals surface area contributed by atoms with Crippen molar-refractivity contribution in [3.63, 3.8) is 0 Å². The highest BCUT2D eigenvalue weighted by molar-refractivity contribution is 6.10. The van der Waals surface area contributed by atoms with Crippen LogP contribution in [0.2, 0.25) is 0 Å². The quantitative estimate of drug-likeness (QED) is 0.483. The summed E-state index contributed by atoms with van der Waals surface area (Å²) in [5.74, 6) is -5.77. The second kappa shape index (κ2) is 7.88. The number of rotatable bonds is 6.